The van der Waals surface area contributed by atoms with Gasteiger partial charge in [0.1, 0.15) is 23.3 Å². The minimum atomic E-state index is -4.87. The first-order valence-corrected chi connectivity index (χ1v) is 14.4. The number of rotatable bonds is 5. The Morgan fingerprint density at radius 1 is 1.15 bits per heavy atom. The number of ether oxygens (including phenoxy) is 1. The van der Waals surface area contributed by atoms with Crippen LogP contribution in [0.15, 0.2) is 53.6 Å². The summed E-state index contributed by atoms with van der Waals surface area (Å²) >= 11 is 13.0. The van der Waals surface area contributed by atoms with Gasteiger partial charge in [-0.15, -0.1) is 0 Å². The van der Waals surface area contributed by atoms with Crippen LogP contribution in [0.1, 0.15) is 34.3 Å². The quantitative estimate of drug-likeness (QED) is 0.235. The number of aliphatic hydroxyl groups is 1. The summed E-state index contributed by atoms with van der Waals surface area (Å²) in [6.07, 6.45) is -5.56. The summed E-state index contributed by atoms with van der Waals surface area (Å²) in [5.41, 5.74) is -2.28. The number of hydrogen-bond acceptors (Lipinski definition) is 7. The molecule has 2 N–H and O–H groups in total. The van der Waals surface area contributed by atoms with Crippen LogP contribution in [0.25, 0.3) is 11.0 Å². The highest BCUT2D eigenvalue weighted by atomic mass is 35.5. The maximum atomic E-state index is 13.9. The largest absolute Gasteiger partial charge is 0.433 e. The number of aliphatic hydroxyl groups excluding tert-OH is 1. The van der Waals surface area contributed by atoms with E-state index < -0.39 is 33.6 Å². The Morgan fingerprint density at radius 2 is 1.80 bits per heavy atom. The van der Waals surface area contributed by atoms with Gasteiger partial charge in [-0.3, -0.25) is 5.41 Å². The van der Waals surface area contributed by atoms with E-state index in [1.165, 1.54) is 43.5 Å². The highest BCUT2D eigenvalue weighted by molar-refractivity contribution is 7.90. The summed E-state index contributed by atoms with van der Waals surface area (Å²) in [6.45, 7) is 2.93. The molecule has 0 spiro atoms. The van der Waals surface area contributed by atoms with Crippen LogP contribution in [0, 0.1) is 12.3 Å². The molecule has 0 amide bonds. The van der Waals surface area contributed by atoms with E-state index in [2.05, 4.69) is 9.97 Å². The second-order valence-corrected chi connectivity index (χ2v) is 11.8. The molecule has 3 aromatic heterocycles. The van der Waals surface area contributed by atoms with E-state index >= 15 is 0 Å². The molecule has 0 saturated carbocycles. The van der Waals surface area contributed by atoms with E-state index in [0.29, 0.717) is 30.3 Å². The molecule has 4 heterocycles. The van der Waals surface area contributed by atoms with Gasteiger partial charge in [-0.2, -0.15) is 13.2 Å². The predicted octanol–water partition coefficient (Wildman–Crippen LogP) is 5.04. The molecule has 0 aliphatic carbocycles. The molecule has 1 aliphatic heterocycles. The minimum absolute atomic E-state index is 0.0192. The average molecular weight is 628 g/mol. The summed E-state index contributed by atoms with van der Waals surface area (Å²) < 4.78 is 74.8. The third-order valence-electron chi connectivity index (χ3n) is 6.65. The SMILES string of the molecule is Cc1cc(C(F)(F)F)nc2c1cc(C(O)c1c(Cl)cnc(C(=N)N3CCOCC3)c1Cl)n2S(=O)(=O)c1ccccc1. The van der Waals surface area contributed by atoms with Crippen molar-refractivity contribution in [1.82, 2.24) is 18.8 Å². The lowest BCUT2D eigenvalue weighted by atomic mass is 10.1. The van der Waals surface area contributed by atoms with Gasteiger partial charge in [0.25, 0.3) is 10.0 Å². The van der Waals surface area contributed by atoms with E-state index in [9.17, 15) is 26.7 Å². The van der Waals surface area contributed by atoms with Crippen LogP contribution in [-0.2, 0) is 20.9 Å². The number of nitrogens with one attached hydrogen (secondary N) is 1. The van der Waals surface area contributed by atoms with E-state index in [1.807, 2.05) is 0 Å². The molecule has 1 unspecified atom stereocenters. The number of aryl methyl sites for hydroxylation is 1. The van der Waals surface area contributed by atoms with E-state index in [4.69, 9.17) is 33.3 Å². The van der Waals surface area contributed by atoms with Gasteiger partial charge in [-0.05, 0) is 36.8 Å². The lowest BCUT2D eigenvalue weighted by Gasteiger charge is -2.29. The molecule has 216 valence electrons. The van der Waals surface area contributed by atoms with Crippen LogP contribution in [-0.4, -0.2) is 64.5 Å². The van der Waals surface area contributed by atoms with Crippen LogP contribution >= 0.6 is 23.2 Å². The fourth-order valence-electron chi connectivity index (χ4n) is 4.59. The maximum absolute atomic E-state index is 13.9. The lowest BCUT2D eigenvalue weighted by molar-refractivity contribution is -0.141. The van der Waals surface area contributed by atoms with E-state index in [0.717, 1.165) is 6.07 Å². The first-order valence-electron chi connectivity index (χ1n) is 12.2. The number of alkyl halides is 3. The van der Waals surface area contributed by atoms with Gasteiger partial charge in [0, 0.05) is 30.2 Å². The number of nitrogens with zero attached hydrogens (tertiary/aromatic N) is 4. The standard InChI is InChI=1S/C26H22Cl2F3N5O4S/c1-14-11-19(26(29,30)31)34-25-16(14)12-18(36(25)41(38,39)15-5-3-2-4-6-15)23(37)20-17(27)13-33-22(21(20)28)24(32)35-7-9-40-10-8-35/h2-6,11-13,23,32,37H,7-10H2,1H3. The van der Waals surface area contributed by atoms with E-state index in [-0.39, 0.29) is 48.7 Å². The molecular formula is C26H22Cl2F3N5O4S. The van der Waals surface area contributed by atoms with Crippen molar-refractivity contribution >= 4 is 50.1 Å². The van der Waals surface area contributed by atoms with Crippen LogP contribution < -0.4 is 0 Å². The van der Waals surface area contributed by atoms with Crippen molar-refractivity contribution in [3.63, 3.8) is 0 Å². The summed E-state index contributed by atoms with van der Waals surface area (Å²) in [7, 11) is -4.59. The summed E-state index contributed by atoms with van der Waals surface area (Å²) in [4.78, 5) is 9.25. The number of benzene rings is 1. The highest BCUT2D eigenvalue weighted by Gasteiger charge is 2.36. The Balaban J connectivity index is 1.75. The lowest BCUT2D eigenvalue weighted by Crippen LogP contribution is -2.41. The Bertz CT molecular complexity index is 1760. The molecule has 9 nitrogen and oxygen atoms in total. The second-order valence-electron chi connectivity index (χ2n) is 9.24. The molecule has 4 aromatic rings. The zero-order valence-corrected chi connectivity index (χ0v) is 23.6. The van der Waals surface area contributed by atoms with Crippen LogP contribution in [0.2, 0.25) is 10.0 Å². The molecule has 15 heteroatoms. The normalized spacial score (nSPS) is 15.3. The molecular weight excluding hydrogens is 606 g/mol. The topological polar surface area (TPSA) is 121 Å². The Kier molecular flexibility index (Phi) is 7.76. The Labute approximate surface area is 242 Å². The Hall–Kier alpha value is -3.23. The number of morpholine rings is 1. The molecule has 5 rings (SSSR count). The predicted molar refractivity (Wildman–Crippen MR) is 146 cm³/mol. The third-order valence-corrected chi connectivity index (χ3v) is 9.07. The van der Waals surface area contributed by atoms with Gasteiger partial charge in [-0.25, -0.2) is 22.4 Å². The fourth-order valence-corrected chi connectivity index (χ4v) is 6.74. The third kappa shape index (κ3) is 5.28. The van der Waals surface area contributed by atoms with Gasteiger partial charge in [0.2, 0.25) is 0 Å². The van der Waals surface area contributed by atoms with Crippen molar-refractivity contribution < 1.29 is 31.4 Å². The summed E-state index contributed by atoms with van der Waals surface area (Å²) in [5.74, 6) is -0.0619. The number of fused-ring (bicyclic) bond motifs is 1. The monoisotopic (exact) mass is 627 g/mol. The Morgan fingerprint density at radius 3 is 2.44 bits per heavy atom. The summed E-state index contributed by atoms with van der Waals surface area (Å²) in [5, 5.41) is 20.0. The zero-order chi connectivity index (χ0) is 29.7. The van der Waals surface area contributed by atoms with Crippen LogP contribution in [0.4, 0.5) is 13.2 Å². The van der Waals surface area contributed by atoms with Crippen molar-refractivity contribution in [1.29, 1.82) is 5.41 Å². The van der Waals surface area contributed by atoms with Crippen molar-refractivity contribution in [3.8, 4) is 0 Å². The summed E-state index contributed by atoms with van der Waals surface area (Å²) in [6, 6.07) is 9.06. The molecule has 0 bridgehead atoms. The zero-order valence-electron chi connectivity index (χ0n) is 21.3. The molecule has 1 aliphatic rings. The van der Waals surface area contributed by atoms with Crippen LogP contribution in [0.5, 0.6) is 0 Å². The first kappa shape index (κ1) is 29.3. The van der Waals surface area contributed by atoms with Gasteiger partial charge in [-0.1, -0.05) is 41.4 Å². The highest BCUT2D eigenvalue weighted by Crippen LogP contribution is 2.40. The second kappa shape index (κ2) is 10.9. The van der Waals surface area contributed by atoms with Crippen molar-refractivity contribution in [2.75, 3.05) is 26.3 Å². The van der Waals surface area contributed by atoms with Crippen molar-refractivity contribution in [2.24, 2.45) is 0 Å². The number of halogens is 5. The molecule has 1 fully saturated rings. The number of aromatic nitrogens is 3. The van der Waals surface area contributed by atoms with Gasteiger partial charge in [0.05, 0.1) is 33.8 Å². The molecule has 1 atom stereocenters. The smallest absolute Gasteiger partial charge is 0.382 e. The molecule has 0 radical (unpaired) electrons. The first-order chi connectivity index (χ1) is 19.3. The van der Waals surface area contributed by atoms with Gasteiger partial charge >= 0.3 is 6.18 Å². The number of pyridine rings is 2. The minimum Gasteiger partial charge on any atom is -0.382 e. The number of amidine groups is 1. The van der Waals surface area contributed by atoms with Crippen molar-refractivity contribution in [3.05, 3.63) is 86.9 Å². The van der Waals surface area contributed by atoms with Gasteiger partial charge < -0.3 is 14.7 Å². The van der Waals surface area contributed by atoms with Gasteiger partial charge in [0.15, 0.2) is 5.65 Å². The number of hydrogen-bond donors (Lipinski definition) is 2. The molecule has 1 saturated heterocycles. The fraction of sp³-hybridized carbons (Fsp3) is 0.269. The van der Waals surface area contributed by atoms with E-state index in [1.54, 1.807) is 11.0 Å². The average Bonchev–Trinajstić information content (AvgIpc) is 3.34. The van der Waals surface area contributed by atoms with Crippen LogP contribution in [0.3, 0.4) is 0 Å². The maximum Gasteiger partial charge on any atom is 0.433 e. The van der Waals surface area contributed by atoms with Crippen molar-refractivity contribution in [2.45, 2.75) is 24.1 Å². The molecule has 41 heavy (non-hydrogen) atoms. The molecule has 1 aromatic carbocycles.